The molecule has 0 spiro atoms. The van der Waals surface area contributed by atoms with E-state index in [9.17, 15) is 0 Å². The average molecular weight is 426 g/mol. The molecule has 7 heteroatoms. The minimum atomic E-state index is 0.523. The van der Waals surface area contributed by atoms with Crippen molar-refractivity contribution >= 4 is 28.3 Å². The predicted molar refractivity (Wildman–Crippen MR) is 120 cm³/mol. The van der Waals surface area contributed by atoms with E-state index in [0.29, 0.717) is 28.8 Å². The molecule has 2 aromatic heterocycles. The first-order chi connectivity index (χ1) is 14.7. The van der Waals surface area contributed by atoms with Gasteiger partial charge in [0.2, 0.25) is 0 Å². The summed E-state index contributed by atoms with van der Waals surface area (Å²) in [4.78, 5) is 11.8. The van der Waals surface area contributed by atoms with Gasteiger partial charge in [0.1, 0.15) is 5.82 Å². The summed E-state index contributed by atoms with van der Waals surface area (Å²) in [5.74, 6) is 2.06. The van der Waals surface area contributed by atoms with E-state index < -0.39 is 0 Å². The van der Waals surface area contributed by atoms with Gasteiger partial charge in [0.15, 0.2) is 5.82 Å². The molecule has 3 heterocycles. The molecular formula is C23H28ClN5O. The van der Waals surface area contributed by atoms with Crippen LogP contribution in [0.5, 0.6) is 0 Å². The van der Waals surface area contributed by atoms with Gasteiger partial charge in [0, 0.05) is 35.6 Å². The van der Waals surface area contributed by atoms with E-state index in [4.69, 9.17) is 21.1 Å². The number of halogens is 1. The van der Waals surface area contributed by atoms with Crippen molar-refractivity contribution in [1.82, 2.24) is 20.4 Å². The second-order valence-electron chi connectivity index (χ2n) is 8.61. The number of pyridine rings is 1. The second-order valence-corrected chi connectivity index (χ2v) is 9.04. The fourth-order valence-electron chi connectivity index (χ4n) is 4.80. The quantitative estimate of drug-likeness (QED) is 0.624. The molecule has 3 aromatic rings. The molecular weight excluding hydrogens is 398 g/mol. The lowest BCUT2D eigenvalue weighted by Crippen LogP contribution is -2.47. The van der Waals surface area contributed by atoms with E-state index in [1.165, 1.54) is 32.1 Å². The molecule has 1 aromatic carbocycles. The van der Waals surface area contributed by atoms with Crippen molar-refractivity contribution in [2.24, 2.45) is 0 Å². The van der Waals surface area contributed by atoms with E-state index in [1.807, 2.05) is 25.1 Å². The van der Waals surface area contributed by atoms with Crippen molar-refractivity contribution in [2.75, 3.05) is 18.0 Å². The first-order valence-corrected chi connectivity index (χ1v) is 11.5. The first kappa shape index (κ1) is 19.8. The molecule has 1 saturated carbocycles. The molecule has 1 saturated heterocycles. The number of hydrogen-bond donors (Lipinski definition) is 1. The van der Waals surface area contributed by atoms with E-state index >= 15 is 0 Å². The Morgan fingerprint density at radius 3 is 2.50 bits per heavy atom. The second kappa shape index (κ2) is 8.52. The maximum Gasteiger partial charge on any atom is 0.261 e. The molecule has 1 aliphatic heterocycles. The molecule has 6 nitrogen and oxygen atoms in total. The summed E-state index contributed by atoms with van der Waals surface area (Å²) in [6.07, 6.45) is 9.02. The van der Waals surface area contributed by atoms with Gasteiger partial charge in [-0.15, -0.1) is 0 Å². The summed E-state index contributed by atoms with van der Waals surface area (Å²) < 4.78 is 5.51. The highest BCUT2D eigenvalue weighted by atomic mass is 35.5. The number of aromatic nitrogens is 3. The summed E-state index contributed by atoms with van der Waals surface area (Å²) in [6, 6.07) is 9.17. The molecule has 2 fully saturated rings. The van der Waals surface area contributed by atoms with Gasteiger partial charge in [-0.2, -0.15) is 4.98 Å². The zero-order chi connectivity index (χ0) is 20.5. The van der Waals surface area contributed by atoms with Crippen molar-refractivity contribution in [3.8, 4) is 11.5 Å². The maximum absolute atomic E-state index is 6.23. The van der Waals surface area contributed by atoms with Crippen molar-refractivity contribution in [2.45, 2.75) is 64.0 Å². The van der Waals surface area contributed by atoms with Crippen LogP contribution in [0.3, 0.4) is 0 Å². The Balaban J connectivity index is 1.40. The molecule has 0 radical (unpaired) electrons. The lowest BCUT2D eigenvalue weighted by Gasteiger charge is -2.36. The molecule has 2 aliphatic rings. The number of benzene rings is 1. The minimum Gasteiger partial charge on any atom is -0.356 e. The number of nitrogens with zero attached hydrogens (tertiary/aromatic N) is 4. The van der Waals surface area contributed by atoms with Gasteiger partial charge in [0.25, 0.3) is 5.89 Å². The van der Waals surface area contributed by atoms with Gasteiger partial charge < -0.3 is 14.7 Å². The number of aryl methyl sites for hydroxylation is 1. The molecule has 0 unspecified atom stereocenters. The Morgan fingerprint density at radius 2 is 1.77 bits per heavy atom. The molecule has 1 N–H and O–H groups in total. The zero-order valence-electron chi connectivity index (χ0n) is 17.4. The molecule has 0 bridgehead atoms. The number of piperidine rings is 1. The Bertz CT molecular complexity index is 1020. The van der Waals surface area contributed by atoms with Gasteiger partial charge in [-0.3, -0.25) is 0 Å². The Morgan fingerprint density at radius 1 is 1.00 bits per heavy atom. The first-order valence-electron chi connectivity index (χ1n) is 11.1. The van der Waals surface area contributed by atoms with E-state index in [-0.39, 0.29) is 0 Å². The maximum atomic E-state index is 6.23. The molecule has 0 atom stereocenters. The number of nitrogens with one attached hydrogen (secondary N) is 1. The normalized spacial score (nSPS) is 18.9. The molecule has 0 amide bonds. The average Bonchev–Trinajstić information content (AvgIpc) is 3.20. The van der Waals surface area contributed by atoms with Crippen LogP contribution in [-0.4, -0.2) is 40.3 Å². The van der Waals surface area contributed by atoms with Crippen LogP contribution >= 0.6 is 11.6 Å². The van der Waals surface area contributed by atoms with Gasteiger partial charge in [-0.25, -0.2) is 4.98 Å². The van der Waals surface area contributed by atoms with Gasteiger partial charge in [-0.05, 0) is 50.8 Å². The van der Waals surface area contributed by atoms with E-state index in [1.54, 1.807) is 0 Å². The smallest absolute Gasteiger partial charge is 0.261 e. The van der Waals surface area contributed by atoms with Crippen LogP contribution in [0.2, 0.25) is 5.02 Å². The molecule has 158 valence electrons. The third-order valence-corrected chi connectivity index (χ3v) is 6.62. The van der Waals surface area contributed by atoms with Crippen LogP contribution in [0, 0.1) is 6.92 Å². The third-order valence-electron chi connectivity index (χ3n) is 6.39. The lowest BCUT2D eigenvalue weighted by atomic mass is 9.93. The SMILES string of the molecule is Cc1noc(-c2cc3ccc(Cl)cc3nc2N2CCC(NC3CCCCC3)CC2)n1. The monoisotopic (exact) mass is 425 g/mol. The highest BCUT2D eigenvalue weighted by Gasteiger charge is 2.26. The topological polar surface area (TPSA) is 67.1 Å². The standard InChI is InChI=1S/C23H28ClN5O/c1-15-25-23(30-28-15)20-13-16-7-8-17(24)14-21(16)27-22(20)29-11-9-19(10-12-29)26-18-5-3-2-4-6-18/h7-8,13-14,18-19,26H,2-6,9-12H2,1H3. The highest BCUT2D eigenvalue weighted by Crippen LogP contribution is 2.34. The van der Waals surface area contributed by atoms with Crippen LogP contribution in [0.4, 0.5) is 5.82 Å². The van der Waals surface area contributed by atoms with Gasteiger partial charge >= 0.3 is 0 Å². The van der Waals surface area contributed by atoms with Crippen molar-refractivity contribution < 1.29 is 4.52 Å². The predicted octanol–water partition coefficient (Wildman–Crippen LogP) is 5.14. The summed E-state index contributed by atoms with van der Waals surface area (Å²) >= 11 is 6.23. The fourth-order valence-corrected chi connectivity index (χ4v) is 4.96. The number of hydrogen-bond acceptors (Lipinski definition) is 6. The van der Waals surface area contributed by atoms with Crippen LogP contribution in [0.15, 0.2) is 28.8 Å². The summed E-state index contributed by atoms with van der Waals surface area (Å²) in [5.41, 5.74) is 1.78. The highest BCUT2D eigenvalue weighted by molar-refractivity contribution is 6.31. The van der Waals surface area contributed by atoms with Crippen LogP contribution in [0.25, 0.3) is 22.4 Å². The van der Waals surface area contributed by atoms with E-state index in [0.717, 1.165) is 48.2 Å². The van der Waals surface area contributed by atoms with Crippen molar-refractivity contribution in [1.29, 1.82) is 0 Å². The summed E-state index contributed by atoms with van der Waals surface area (Å²) in [7, 11) is 0. The third kappa shape index (κ3) is 4.16. The number of rotatable bonds is 4. The fraction of sp³-hybridized carbons (Fsp3) is 0.522. The zero-order valence-corrected chi connectivity index (χ0v) is 18.2. The Hall–Kier alpha value is -2.18. The minimum absolute atomic E-state index is 0.523. The van der Waals surface area contributed by atoms with Crippen LogP contribution in [0.1, 0.15) is 50.8 Å². The number of anilines is 1. The van der Waals surface area contributed by atoms with Crippen molar-refractivity contribution in [3.05, 3.63) is 35.1 Å². The Labute approximate surface area is 182 Å². The molecule has 5 rings (SSSR count). The van der Waals surface area contributed by atoms with E-state index in [2.05, 4.69) is 26.4 Å². The molecule has 1 aliphatic carbocycles. The summed E-state index contributed by atoms with van der Waals surface area (Å²) in [6.45, 7) is 3.76. The van der Waals surface area contributed by atoms with Crippen LogP contribution in [-0.2, 0) is 0 Å². The van der Waals surface area contributed by atoms with Gasteiger partial charge in [0.05, 0.1) is 11.1 Å². The summed E-state index contributed by atoms with van der Waals surface area (Å²) in [5, 5.41) is 9.61. The van der Waals surface area contributed by atoms with Crippen molar-refractivity contribution in [3.63, 3.8) is 0 Å². The van der Waals surface area contributed by atoms with Gasteiger partial charge in [-0.1, -0.05) is 42.1 Å². The van der Waals surface area contributed by atoms with Crippen LogP contribution < -0.4 is 10.2 Å². The number of fused-ring (bicyclic) bond motifs is 1. The lowest BCUT2D eigenvalue weighted by molar-refractivity contribution is 0.307. The largest absolute Gasteiger partial charge is 0.356 e. The Kier molecular flexibility index (Phi) is 5.61. The molecule has 30 heavy (non-hydrogen) atoms.